The summed E-state index contributed by atoms with van der Waals surface area (Å²) in [6.07, 6.45) is 3.28. The molecule has 0 atom stereocenters. The highest BCUT2D eigenvalue weighted by atomic mass is 32.2. The number of aromatic nitrogens is 6. The van der Waals surface area contributed by atoms with Gasteiger partial charge in [0.05, 0.1) is 11.0 Å². The van der Waals surface area contributed by atoms with Crippen molar-refractivity contribution in [2.24, 2.45) is 0 Å². The molecule has 98 valence electrons. The molecule has 7 nitrogen and oxygen atoms in total. The minimum atomic E-state index is -1.53. The number of rotatable bonds is 2. The van der Waals surface area contributed by atoms with Gasteiger partial charge in [0.15, 0.2) is 22.1 Å². The van der Waals surface area contributed by atoms with Gasteiger partial charge in [0, 0.05) is 12.4 Å². The maximum atomic E-state index is 12.5. The Morgan fingerprint density at radius 3 is 1.80 bits per heavy atom. The number of imidazole rings is 2. The molecule has 4 aromatic rings. The highest BCUT2D eigenvalue weighted by molar-refractivity contribution is 7.84. The number of H-pyrrole nitrogens is 2. The Balaban J connectivity index is 1.82. The first-order chi connectivity index (χ1) is 9.81. The maximum absolute atomic E-state index is 12.5. The van der Waals surface area contributed by atoms with Crippen molar-refractivity contribution in [1.82, 2.24) is 29.9 Å². The molecule has 0 saturated carbocycles. The van der Waals surface area contributed by atoms with E-state index in [1.54, 1.807) is 24.5 Å². The average Bonchev–Trinajstić information content (AvgIpc) is 3.10. The lowest BCUT2D eigenvalue weighted by Gasteiger charge is -1.91. The van der Waals surface area contributed by atoms with E-state index >= 15 is 0 Å². The van der Waals surface area contributed by atoms with Crippen molar-refractivity contribution < 1.29 is 4.21 Å². The lowest BCUT2D eigenvalue weighted by atomic mass is 10.4. The van der Waals surface area contributed by atoms with Crippen LogP contribution < -0.4 is 0 Å². The van der Waals surface area contributed by atoms with Gasteiger partial charge in [-0.25, -0.2) is 14.2 Å². The van der Waals surface area contributed by atoms with Crippen LogP contribution in [0.1, 0.15) is 0 Å². The smallest absolute Gasteiger partial charge is 0.207 e. The molecular formula is C12H8N6OS. The van der Waals surface area contributed by atoms with Crippen molar-refractivity contribution in [2.75, 3.05) is 0 Å². The summed E-state index contributed by atoms with van der Waals surface area (Å²) in [5.41, 5.74) is 2.55. The first-order valence-corrected chi connectivity index (χ1v) is 6.99. The van der Waals surface area contributed by atoms with Crippen LogP contribution in [0, 0.1) is 0 Å². The standard InChI is InChI=1S/C12H8N6OS/c19-20(11-15-7-3-1-5-13-9(7)17-11)12-16-8-4-2-6-14-10(8)18-12/h1-6H,(H,13,15,17)(H,14,16,18). The van der Waals surface area contributed by atoms with Gasteiger partial charge in [-0.1, -0.05) is 0 Å². The molecule has 0 spiro atoms. The predicted octanol–water partition coefficient (Wildman–Crippen LogP) is 1.40. The summed E-state index contributed by atoms with van der Waals surface area (Å²) in [5, 5.41) is 0.635. The third-order valence-electron chi connectivity index (χ3n) is 2.82. The predicted molar refractivity (Wildman–Crippen MR) is 72.5 cm³/mol. The van der Waals surface area contributed by atoms with E-state index in [1.807, 2.05) is 12.1 Å². The van der Waals surface area contributed by atoms with Crippen molar-refractivity contribution in [2.45, 2.75) is 10.3 Å². The van der Waals surface area contributed by atoms with Gasteiger partial charge >= 0.3 is 0 Å². The molecular weight excluding hydrogens is 276 g/mol. The van der Waals surface area contributed by atoms with Crippen LogP contribution in [-0.2, 0) is 10.8 Å². The molecule has 20 heavy (non-hydrogen) atoms. The molecule has 4 aromatic heterocycles. The van der Waals surface area contributed by atoms with Crippen molar-refractivity contribution in [3.8, 4) is 0 Å². The molecule has 0 aromatic carbocycles. The van der Waals surface area contributed by atoms with Gasteiger partial charge in [-0.2, -0.15) is 9.97 Å². The normalized spacial score (nSPS) is 11.7. The highest BCUT2D eigenvalue weighted by Gasteiger charge is 2.16. The molecule has 0 radical (unpaired) electrons. The Morgan fingerprint density at radius 2 is 1.35 bits per heavy atom. The average molecular weight is 284 g/mol. The van der Waals surface area contributed by atoms with Gasteiger partial charge in [-0.3, -0.25) is 0 Å². The van der Waals surface area contributed by atoms with Crippen LogP contribution in [0.15, 0.2) is 47.0 Å². The Morgan fingerprint density at radius 1 is 0.850 bits per heavy atom. The van der Waals surface area contributed by atoms with E-state index in [4.69, 9.17) is 0 Å². The van der Waals surface area contributed by atoms with Crippen LogP contribution in [-0.4, -0.2) is 34.1 Å². The third kappa shape index (κ3) is 1.69. The minimum Gasteiger partial charge on any atom is -0.329 e. The van der Waals surface area contributed by atoms with Crippen LogP contribution in [0.5, 0.6) is 0 Å². The topological polar surface area (TPSA) is 100 Å². The molecule has 0 bridgehead atoms. The largest absolute Gasteiger partial charge is 0.329 e. The summed E-state index contributed by atoms with van der Waals surface area (Å²) in [6, 6.07) is 7.24. The quantitative estimate of drug-likeness (QED) is 0.579. The second kappa shape index (κ2) is 4.20. The highest BCUT2D eigenvalue weighted by Crippen LogP contribution is 2.16. The van der Waals surface area contributed by atoms with E-state index in [1.165, 1.54) is 0 Å². The van der Waals surface area contributed by atoms with Crippen LogP contribution in [0.25, 0.3) is 22.3 Å². The number of aromatic amines is 2. The number of pyridine rings is 2. The Kier molecular flexibility index (Phi) is 2.36. The van der Waals surface area contributed by atoms with Gasteiger partial charge in [-0.05, 0) is 24.3 Å². The summed E-state index contributed by atoms with van der Waals surface area (Å²) < 4.78 is 12.5. The number of hydrogen-bond donors (Lipinski definition) is 2. The molecule has 0 fully saturated rings. The monoisotopic (exact) mass is 284 g/mol. The molecule has 4 heterocycles. The van der Waals surface area contributed by atoms with Gasteiger partial charge in [-0.15, -0.1) is 0 Å². The lowest BCUT2D eigenvalue weighted by Crippen LogP contribution is -1.97. The molecule has 0 aliphatic carbocycles. The van der Waals surface area contributed by atoms with E-state index in [-0.39, 0.29) is 0 Å². The zero-order valence-corrected chi connectivity index (χ0v) is 10.9. The fourth-order valence-electron chi connectivity index (χ4n) is 1.91. The number of hydrogen-bond acceptors (Lipinski definition) is 5. The molecule has 0 saturated heterocycles. The summed E-state index contributed by atoms with van der Waals surface area (Å²) in [6.45, 7) is 0. The van der Waals surface area contributed by atoms with E-state index in [0.29, 0.717) is 21.6 Å². The summed E-state index contributed by atoms with van der Waals surface area (Å²) >= 11 is 0. The Labute approximate surface area is 115 Å². The second-order valence-electron chi connectivity index (χ2n) is 4.10. The first-order valence-electron chi connectivity index (χ1n) is 5.84. The molecule has 0 amide bonds. The zero-order chi connectivity index (χ0) is 13.5. The molecule has 2 N–H and O–H groups in total. The van der Waals surface area contributed by atoms with Crippen molar-refractivity contribution in [3.63, 3.8) is 0 Å². The number of fused-ring (bicyclic) bond motifs is 2. The number of nitrogens with zero attached hydrogens (tertiary/aromatic N) is 4. The zero-order valence-electron chi connectivity index (χ0n) is 10.1. The van der Waals surface area contributed by atoms with Crippen LogP contribution in [0.2, 0.25) is 0 Å². The van der Waals surface area contributed by atoms with Gasteiger partial charge in [0.1, 0.15) is 0 Å². The number of nitrogens with one attached hydrogen (secondary N) is 2. The van der Waals surface area contributed by atoms with Crippen molar-refractivity contribution in [3.05, 3.63) is 36.7 Å². The Hall–Kier alpha value is -2.61. The molecule has 0 aliphatic rings. The van der Waals surface area contributed by atoms with E-state index in [2.05, 4.69) is 29.9 Å². The van der Waals surface area contributed by atoms with Crippen molar-refractivity contribution in [1.29, 1.82) is 0 Å². The molecule has 0 aliphatic heterocycles. The van der Waals surface area contributed by atoms with Crippen molar-refractivity contribution >= 4 is 33.1 Å². The maximum Gasteiger partial charge on any atom is 0.207 e. The van der Waals surface area contributed by atoms with E-state index < -0.39 is 10.8 Å². The fraction of sp³-hybridized carbons (Fsp3) is 0. The van der Waals surface area contributed by atoms with Gasteiger partial charge < -0.3 is 9.97 Å². The molecule has 4 rings (SSSR count). The van der Waals surface area contributed by atoms with Gasteiger partial charge in [0.25, 0.3) is 0 Å². The fourth-order valence-corrected chi connectivity index (χ4v) is 2.84. The van der Waals surface area contributed by atoms with E-state index in [0.717, 1.165) is 11.0 Å². The lowest BCUT2D eigenvalue weighted by molar-refractivity contribution is 0.672. The van der Waals surface area contributed by atoms with Crippen LogP contribution in [0.4, 0.5) is 0 Å². The molecule has 0 unspecified atom stereocenters. The summed E-state index contributed by atoms with van der Waals surface area (Å²) in [7, 11) is -1.53. The van der Waals surface area contributed by atoms with Gasteiger partial charge in [0.2, 0.25) is 10.3 Å². The van der Waals surface area contributed by atoms with Crippen LogP contribution in [0.3, 0.4) is 0 Å². The van der Waals surface area contributed by atoms with E-state index in [9.17, 15) is 4.21 Å². The third-order valence-corrected chi connectivity index (χ3v) is 3.91. The van der Waals surface area contributed by atoms with Crippen LogP contribution >= 0.6 is 0 Å². The second-order valence-corrected chi connectivity index (χ2v) is 5.41. The summed E-state index contributed by atoms with van der Waals surface area (Å²) in [5.74, 6) is 0. The molecule has 8 heteroatoms. The Bertz CT molecular complexity index is 801. The minimum absolute atomic E-state index is 0.317. The summed E-state index contributed by atoms with van der Waals surface area (Å²) in [4.78, 5) is 22.6. The SMILES string of the molecule is O=S(c1nc2ncccc2[nH]1)c1nc2ncccc2[nH]1. The first kappa shape index (κ1) is 11.2.